The lowest BCUT2D eigenvalue weighted by atomic mass is 10.0. The van der Waals surface area contributed by atoms with Gasteiger partial charge in [-0.05, 0) is 66.4 Å². The van der Waals surface area contributed by atoms with E-state index in [9.17, 15) is 13.2 Å². The predicted octanol–water partition coefficient (Wildman–Crippen LogP) is 5.83. The monoisotopic (exact) mass is 570 g/mol. The molecule has 0 spiro atoms. The lowest BCUT2D eigenvalue weighted by molar-refractivity contribution is -0.117. The molecule has 0 bridgehead atoms. The van der Waals surface area contributed by atoms with E-state index in [1.807, 2.05) is 45.8 Å². The number of hydrogen-bond acceptors (Lipinski definition) is 5. The van der Waals surface area contributed by atoms with Gasteiger partial charge in [0.2, 0.25) is 10.9 Å². The van der Waals surface area contributed by atoms with Crippen LogP contribution in [0, 0.1) is 0 Å². The molecule has 10 heteroatoms. The van der Waals surface area contributed by atoms with Crippen molar-refractivity contribution in [1.29, 1.82) is 0 Å². The number of aromatic nitrogens is 2. The summed E-state index contributed by atoms with van der Waals surface area (Å²) in [5, 5.41) is 3.99. The molecule has 0 unspecified atom stereocenters. The summed E-state index contributed by atoms with van der Waals surface area (Å²) in [5.41, 5.74) is 5.54. The average molecular weight is 572 g/mol. The Labute approximate surface area is 233 Å². The van der Waals surface area contributed by atoms with Crippen molar-refractivity contribution >= 4 is 45.7 Å². The SMILES string of the molecule is CCCCc1ccc(Cc2nc(-c3ccc(Cl)cc3Cl)cn2-c2ccc(NCC(=O)N[SH](=O)=O)cc2)cc1. The highest BCUT2D eigenvalue weighted by Gasteiger charge is 2.15. The molecule has 4 aromatic rings. The molecule has 7 nitrogen and oxygen atoms in total. The van der Waals surface area contributed by atoms with Crippen LogP contribution in [0.2, 0.25) is 10.0 Å². The summed E-state index contributed by atoms with van der Waals surface area (Å²) in [5.74, 6) is 0.207. The van der Waals surface area contributed by atoms with Crippen LogP contribution in [0.3, 0.4) is 0 Å². The number of halogens is 2. The van der Waals surface area contributed by atoms with Gasteiger partial charge < -0.3 is 9.88 Å². The summed E-state index contributed by atoms with van der Waals surface area (Å²) in [7, 11) is -2.97. The minimum Gasteiger partial charge on any atom is -0.376 e. The Bertz CT molecular complexity index is 1480. The number of unbranched alkanes of at least 4 members (excludes halogenated alkanes) is 1. The van der Waals surface area contributed by atoms with Gasteiger partial charge in [0.1, 0.15) is 5.82 Å². The zero-order chi connectivity index (χ0) is 27.1. The standard InChI is InChI=1S/C28H28Cl2N4O3S/c1-2-3-4-19-5-7-20(8-6-19)15-27-32-26(24-14-9-21(29)16-25(24)30)18-34(27)23-12-10-22(11-13-23)31-17-28(35)33-38(36)37/h5-14,16,18,31,38H,2-4,15,17H2,1H3,(H,33,35,36,37). The van der Waals surface area contributed by atoms with Gasteiger partial charge in [-0.2, -0.15) is 0 Å². The van der Waals surface area contributed by atoms with Crippen LogP contribution in [0.4, 0.5) is 5.69 Å². The van der Waals surface area contributed by atoms with Crippen molar-refractivity contribution < 1.29 is 13.2 Å². The van der Waals surface area contributed by atoms with Crippen LogP contribution in [-0.4, -0.2) is 30.4 Å². The van der Waals surface area contributed by atoms with E-state index in [-0.39, 0.29) is 6.54 Å². The van der Waals surface area contributed by atoms with Crippen molar-refractivity contribution in [1.82, 2.24) is 14.3 Å². The second-order valence-corrected chi connectivity index (χ2v) is 10.4. The summed E-state index contributed by atoms with van der Waals surface area (Å²) in [6.45, 7) is 2.03. The first-order chi connectivity index (χ1) is 18.3. The average Bonchev–Trinajstić information content (AvgIpc) is 3.30. The van der Waals surface area contributed by atoms with Gasteiger partial charge in [-0.1, -0.05) is 60.8 Å². The summed E-state index contributed by atoms with van der Waals surface area (Å²) < 4.78 is 25.1. The smallest absolute Gasteiger partial charge is 0.252 e. The highest BCUT2D eigenvalue weighted by molar-refractivity contribution is 7.71. The van der Waals surface area contributed by atoms with E-state index < -0.39 is 16.8 Å². The summed E-state index contributed by atoms with van der Waals surface area (Å²) in [6.07, 6.45) is 5.97. The van der Waals surface area contributed by atoms with Crippen LogP contribution in [0.15, 0.2) is 72.9 Å². The number of anilines is 1. The first-order valence-corrected chi connectivity index (χ1v) is 14.2. The second-order valence-electron chi connectivity index (χ2n) is 8.83. The van der Waals surface area contributed by atoms with E-state index in [1.54, 1.807) is 12.1 Å². The number of carbonyl (C=O) groups excluding carboxylic acids is 1. The third-order valence-corrected chi connectivity index (χ3v) is 6.98. The van der Waals surface area contributed by atoms with E-state index in [2.05, 4.69) is 36.5 Å². The Balaban J connectivity index is 1.62. The van der Waals surface area contributed by atoms with Crippen LogP contribution in [0.1, 0.15) is 36.7 Å². The van der Waals surface area contributed by atoms with E-state index in [4.69, 9.17) is 28.2 Å². The molecule has 0 aliphatic rings. The Morgan fingerprint density at radius 3 is 2.34 bits per heavy atom. The van der Waals surface area contributed by atoms with E-state index in [0.29, 0.717) is 22.2 Å². The van der Waals surface area contributed by atoms with Gasteiger partial charge in [-0.3, -0.25) is 9.52 Å². The van der Waals surface area contributed by atoms with Crippen molar-refractivity contribution in [2.45, 2.75) is 32.6 Å². The molecule has 198 valence electrons. The van der Waals surface area contributed by atoms with Crippen molar-refractivity contribution in [3.8, 4) is 16.9 Å². The summed E-state index contributed by atoms with van der Waals surface area (Å²) in [4.78, 5) is 16.5. The Kier molecular flexibility index (Phi) is 9.44. The molecule has 0 aliphatic heterocycles. The molecule has 0 fully saturated rings. The first kappa shape index (κ1) is 27.7. The van der Waals surface area contributed by atoms with Crippen LogP contribution < -0.4 is 10.0 Å². The van der Waals surface area contributed by atoms with Gasteiger partial charge >= 0.3 is 0 Å². The highest BCUT2D eigenvalue weighted by Crippen LogP contribution is 2.31. The fourth-order valence-corrected chi connectivity index (χ4v) is 4.83. The van der Waals surface area contributed by atoms with Crippen LogP contribution >= 0.6 is 23.2 Å². The topological polar surface area (TPSA) is 93.1 Å². The minimum absolute atomic E-state index is 0.160. The van der Waals surface area contributed by atoms with Gasteiger partial charge in [0.15, 0.2) is 0 Å². The number of hydrogen-bond donors (Lipinski definition) is 3. The molecule has 0 saturated heterocycles. The molecule has 1 amide bonds. The Morgan fingerprint density at radius 1 is 0.974 bits per heavy atom. The number of aryl methyl sites for hydroxylation is 1. The predicted molar refractivity (Wildman–Crippen MR) is 154 cm³/mol. The van der Waals surface area contributed by atoms with Gasteiger partial charge in [-0.15, -0.1) is 0 Å². The number of nitrogens with one attached hydrogen (secondary N) is 2. The zero-order valence-electron chi connectivity index (χ0n) is 20.8. The fourth-order valence-electron chi connectivity index (χ4n) is 4.04. The number of nitrogens with zero attached hydrogens (tertiary/aromatic N) is 2. The maximum atomic E-state index is 11.6. The zero-order valence-corrected chi connectivity index (χ0v) is 23.2. The molecular formula is C28H28Cl2N4O3S. The van der Waals surface area contributed by atoms with Gasteiger partial charge in [0, 0.05) is 34.6 Å². The first-order valence-electron chi connectivity index (χ1n) is 12.2. The highest BCUT2D eigenvalue weighted by atomic mass is 35.5. The van der Waals surface area contributed by atoms with Gasteiger partial charge in [0.05, 0.1) is 17.3 Å². The van der Waals surface area contributed by atoms with Crippen molar-refractivity contribution in [3.05, 3.63) is 99.9 Å². The number of carbonyl (C=O) groups is 1. The lowest BCUT2D eigenvalue weighted by Crippen LogP contribution is -2.28. The maximum absolute atomic E-state index is 11.6. The van der Waals surface area contributed by atoms with Crippen LogP contribution in [0.25, 0.3) is 16.9 Å². The molecule has 2 N–H and O–H groups in total. The molecule has 38 heavy (non-hydrogen) atoms. The molecular weight excluding hydrogens is 543 g/mol. The van der Waals surface area contributed by atoms with Crippen molar-refractivity contribution in [3.63, 3.8) is 0 Å². The van der Waals surface area contributed by atoms with Gasteiger partial charge in [0.25, 0.3) is 5.91 Å². The summed E-state index contributed by atoms with van der Waals surface area (Å²) >= 11 is 12.6. The normalized spacial score (nSPS) is 11.1. The van der Waals surface area contributed by atoms with Gasteiger partial charge in [-0.25, -0.2) is 13.4 Å². The molecule has 0 saturated carbocycles. The molecule has 0 atom stereocenters. The Morgan fingerprint density at radius 2 is 1.68 bits per heavy atom. The largest absolute Gasteiger partial charge is 0.376 e. The van der Waals surface area contributed by atoms with E-state index in [1.165, 1.54) is 12.0 Å². The Hall–Kier alpha value is -3.33. The number of benzene rings is 3. The third kappa shape index (κ3) is 7.37. The van der Waals surface area contributed by atoms with E-state index in [0.717, 1.165) is 41.2 Å². The molecule has 1 aromatic heterocycles. The number of thiol groups is 1. The molecule has 1 heterocycles. The van der Waals surface area contributed by atoms with Crippen LogP contribution in [-0.2, 0) is 28.5 Å². The second kappa shape index (κ2) is 13.0. The van der Waals surface area contributed by atoms with Crippen molar-refractivity contribution in [2.75, 3.05) is 11.9 Å². The minimum atomic E-state index is -2.97. The maximum Gasteiger partial charge on any atom is 0.252 e. The molecule has 0 aliphatic carbocycles. The fraction of sp³-hybridized carbons (Fsp3) is 0.214. The third-order valence-electron chi connectivity index (χ3n) is 6.00. The molecule has 0 radical (unpaired) electrons. The summed E-state index contributed by atoms with van der Waals surface area (Å²) in [6, 6.07) is 21.4. The molecule has 4 rings (SSSR count). The molecule has 3 aromatic carbocycles. The van der Waals surface area contributed by atoms with Crippen LogP contribution in [0.5, 0.6) is 0 Å². The number of rotatable bonds is 11. The quantitative estimate of drug-likeness (QED) is 0.197. The lowest BCUT2D eigenvalue weighted by Gasteiger charge is -2.10. The number of amides is 1. The number of imidazole rings is 1. The van der Waals surface area contributed by atoms with E-state index >= 15 is 0 Å². The van der Waals surface area contributed by atoms with Crippen molar-refractivity contribution in [2.24, 2.45) is 0 Å².